The average molecular weight is 345 g/mol. The highest BCUT2D eigenvalue weighted by Crippen LogP contribution is 2.30. The van der Waals surface area contributed by atoms with Gasteiger partial charge in [0.15, 0.2) is 6.29 Å². The van der Waals surface area contributed by atoms with Gasteiger partial charge in [0, 0.05) is 18.5 Å². The topological polar surface area (TPSA) is 91.8 Å². The van der Waals surface area contributed by atoms with Crippen LogP contribution >= 0.6 is 0 Å². The molecule has 0 spiro atoms. The van der Waals surface area contributed by atoms with Crippen LogP contribution in [-0.4, -0.2) is 36.1 Å². The molecular weight excluding hydrogens is 330 g/mol. The van der Waals surface area contributed by atoms with E-state index in [1.165, 1.54) is 18.2 Å². The molecule has 0 saturated carbocycles. The fourth-order valence-corrected chi connectivity index (χ4v) is 4.63. The van der Waals surface area contributed by atoms with E-state index in [0.29, 0.717) is 6.29 Å². The van der Waals surface area contributed by atoms with Crippen LogP contribution < -0.4 is 0 Å². The predicted molar refractivity (Wildman–Crippen MR) is 86.1 cm³/mol. The van der Waals surface area contributed by atoms with E-state index < -0.39 is 22.0 Å². The zero-order valence-electron chi connectivity index (χ0n) is 12.6. The SMILES string of the molecule is O=Cc1ccccc1S(=O)(=O)N1Cc2ccccc2CC1C(=O)O. The Morgan fingerprint density at radius 3 is 2.38 bits per heavy atom. The Bertz CT molecular complexity index is 907. The summed E-state index contributed by atoms with van der Waals surface area (Å²) >= 11 is 0. The van der Waals surface area contributed by atoms with Crippen LogP contribution in [0.4, 0.5) is 0 Å². The van der Waals surface area contributed by atoms with Gasteiger partial charge in [0.1, 0.15) is 6.04 Å². The quantitative estimate of drug-likeness (QED) is 0.852. The van der Waals surface area contributed by atoms with E-state index in [0.717, 1.165) is 15.4 Å². The first kappa shape index (κ1) is 16.4. The lowest BCUT2D eigenvalue weighted by atomic mass is 9.96. The second-order valence-corrected chi connectivity index (χ2v) is 7.39. The van der Waals surface area contributed by atoms with Crippen LogP contribution in [0.2, 0.25) is 0 Å². The third-order valence-corrected chi connectivity index (χ3v) is 6.05. The number of rotatable bonds is 4. The normalized spacial score (nSPS) is 17.9. The molecule has 0 aliphatic carbocycles. The Morgan fingerprint density at radius 2 is 1.71 bits per heavy atom. The number of carbonyl (C=O) groups is 2. The van der Waals surface area contributed by atoms with Crippen LogP contribution in [-0.2, 0) is 27.8 Å². The molecule has 1 N–H and O–H groups in total. The number of fused-ring (bicyclic) bond motifs is 1. The first-order valence-electron chi connectivity index (χ1n) is 7.31. The van der Waals surface area contributed by atoms with Crippen LogP contribution in [0.1, 0.15) is 21.5 Å². The number of aldehydes is 1. The summed E-state index contributed by atoms with van der Waals surface area (Å²) in [5, 5.41) is 9.50. The van der Waals surface area contributed by atoms with E-state index in [2.05, 4.69) is 0 Å². The molecule has 2 aromatic carbocycles. The molecule has 0 bridgehead atoms. The minimum absolute atomic E-state index is 0.0143. The molecule has 124 valence electrons. The molecule has 3 rings (SSSR count). The van der Waals surface area contributed by atoms with Crippen molar-refractivity contribution in [3.05, 3.63) is 65.2 Å². The first-order valence-corrected chi connectivity index (χ1v) is 8.75. The van der Waals surface area contributed by atoms with Crippen molar-refractivity contribution in [2.45, 2.75) is 23.9 Å². The predicted octanol–water partition coefficient (Wildman–Crippen LogP) is 1.70. The van der Waals surface area contributed by atoms with Gasteiger partial charge in [0.05, 0.1) is 4.90 Å². The van der Waals surface area contributed by atoms with Crippen molar-refractivity contribution < 1.29 is 23.1 Å². The first-order chi connectivity index (χ1) is 11.4. The summed E-state index contributed by atoms with van der Waals surface area (Å²) in [6.45, 7) is -0.0390. The van der Waals surface area contributed by atoms with Gasteiger partial charge in [0.25, 0.3) is 0 Å². The number of carboxylic acid groups (broad SMARTS) is 1. The molecule has 2 aromatic rings. The minimum atomic E-state index is -4.12. The Morgan fingerprint density at radius 1 is 1.08 bits per heavy atom. The van der Waals surface area contributed by atoms with Crippen molar-refractivity contribution in [2.75, 3.05) is 0 Å². The largest absolute Gasteiger partial charge is 0.480 e. The zero-order chi connectivity index (χ0) is 17.3. The van der Waals surface area contributed by atoms with Gasteiger partial charge in [-0.3, -0.25) is 9.59 Å². The van der Waals surface area contributed by atoms with Crippen LogP contribution in [0.5, 0.6) is 0 Å². The molecule has 24 heavy (non-hydrogen) atoms. The number of hydrogen-bond donors (Lipinski definition) is 1. The van der Waals surface area contributed by atoms with E-state index in [1.807, 2.05) is 0 Å². The number of carbonyl (C=O) groups excluding carboxylic acids is 1. The highest BCUT2D eigenvalue weighted by Gasteiger charge is 2.40. The summed E-state index contributed by atoms with van der Waals surface area (Å²) in [5.41, 5.74) is 1.60. The number of carboxylic acids is 1. The summed E-state index contributed by atoms with van der Waals surface area (Å²) in [4.78, 5) is 22.6. The summed E-state index contributed by atoms with van der Waals surface area (Å²) < 4.78 is 26.9. The fourth-order valence-electron chi connectivity index (χ4n) is 2.90. The Kier molecular flexibility index (Phi) is 4.21. The molecule has 1 atom stereocenters. The lowest BCUT2D eigenvalue weighted by molar-refractivity contribution is -0.141. The Labute approximate surface area is 139 Å². The lowest BCUT2D eigenvalue weighted by Gasteiger charge is -2.33. The molecule has 1 aliphatic heterocycles. The molecule has 6 nitrogen and oxygen atoms in total. The zero-order valence-corrected chi connectivity index (χ0v) is 13.4. The molecule has 0 radical (unpaired) electrons. The molecule has 7 heteroatoms. The summed E-state index contributed by atoms with van der Waals surface area (Å²) in [6, 6.07) is 11.7. The maximum atomic E-state index is 13.0. The molecule has 1 unspecified atom stereocenters. The number of benzene rings is 2. The summed E-state index contributed by atoms with van der Waals surface area (Å²) in [6.07, 6.45) is 0.550. The van der Waals surface area contributed by atoms with Gasteiger partial charge in [0.2, 0.25) is 10.0 Å². The molecular formula is C17H15NO5S. The second kappa shape index (κ2) is 6.18. The monoisotopic (exact) mass is 345 g/mol. The average Bonchev–Trinajstić information content (AvgIpc) is 2.60. The van der Waals surface area contributed by atoms with Gasteiger partial charge < -0.3 is 5.11 Å². The van der Waals surface area contributed by atoms with Crippen LogP contribution in [0.3, 0.4) is 0 Å². The number of nitrogens with zero attached hydrogens (tertiary/aromatic N) is 1. The van der Waals surface area contributed by atoms with Crippen molar-refractivity contribution in [3.63, 3.8) is 0 Å². The maximum absolute atomic E-state index is 13.0. The highest BCUT2D eigenvalue weighted by molar-refractivity contribution is 7.89. The van der Waals surface area contributed by atoms with Gasteiger partial charge in [-0.2, -0.15) is 4.31 Å². The van der Waals surface area contributed by atoms with E-state index in [-0.39, 0.29) is 23.4 Å². The van der Waals surface area contributed by atoms with E-state index in [9.17, 15) is 23.1 Å². The van der Waals surface area contributed by atoms with Crippen molar-refractivity contribution in [1.82, 2.24) is 4.31 Å². The van der Waals surface area contributed by atoms with Crippen molar-refractivity contribution in [1.29, 1.82) is 0 Å². The summed E-state index contributed by atoms with van der Waals surface area (Å²) in [7, 11) is -4.12. The molecule has 1 heterocycles. The minimum Gasteiger partial charge on any atom is -0.480 e. The van der Waals surface area contributed by atoms with Gasteiger partial charge >= 0.3 is 5.97 Å². The van der Waals surface area contributed by atoms with Crippen molar-refractivity contribution in [3.8, 4) is 0 Å². The van der Waals surface area contributed by atoms with E-state index in [4.69, 9.17) is 0 Å². The number of aliphatic carboxylic acids is 1. The number of sulfonamides is 1. The third kappa shape index (κ3) is 2.72. The van der Waals surface area contributed by atoms with Crippen LogP contribution in [0.15, 0.2) is 53.4 Å². The standard InChI is InChI=1S/C17H15NO5S/c19-11-14-7-3-4-8-16(14)24(22,23)18-10-13-6-2-1-5-12(13)9-15(18)17(20)21/h1-8,11,15H,9-10H2,(H,20,21). The Hall–Kier alpha value is -2.51. The molecule has 0 fully saturated rings. The van der Waals surface area contributed by atoms with E-state index in [1.54, 1.807) is 30.3 Å². The smallest absolute Gasteiger partial charge is 0.322 e. The molecule has 0 aromatic heterocycles. The summed E-state index contributed by atoms with van der Waals surface area (Å²) in [5.74, 6) is -1.21. The van der Waals surface area contributed by atoms with Gasteiger partial charge in [-0.15, -0.1) is 0 Å². The Balaban J connectivity index is 2.12. The van der Waals surface area contributed by atoms with Crippen molar-refractivity contribution >= 4 is 22.3 Å². The van der Waals surface area contributed by atoms with Gasteiger partial charge in [-0.1, -0.05) is 42.5 Å². The lowest BCUT2D eigenvalue weighted by Crippen LogP contribution is -2.48. The van der Waals surface area contributed by atoms with Gasteiger partial charge in [-0.05, 0) is 17.2 Å². The highest BCUT2D eigenvalue weighted by atomic mass is 32.2. The van der Waals surface area contributed by atoms with Crippen LogP contribution in [0, 0.1) is 0 Å². The van der Waals surface area contributed by atoms with E-state index >= 15 is 0 Å². The van der Waals surface area contributed by atoms with Crippen molar-refractivity contribution in [2.24, 2.45) is 0 Å². The number of hydrogen-bond acceptors (Lipinski definition) is 4. The van der Waals surface area contributed by atoms with Crippen LogP contribution in [0.25, 0.3) is 0 Å². The maximum Gasteiger partial charge on any atom is 0.322 e. The van der Waals surface area contributed by atoms with Gasteiger partial charge in [-0.25, -0.2) is 8.42 Å². The molecule has 1 aliphatic rings. The molecule has 0 saturated heterocycles. The third-order valence-electron chi connectivity index (χ3n) is 4.12. The fraction of sp³-hybridized carbons (Fsp3) is 0.176. The second-order valence-electron chi connectivity index (χ2n) is 5.53. The molecule has 0 amide bonds.